The lowest BCUT2D eigenvalue weighted by Crippen LogP contribution is -2.02. The second-order valence-corrected chi connectivity index (χ2v) is 4.39. The molecule has 2 aromatic carbocycles. The van der Waals surface area contributed by atoms with E-state index in [0.29, 0.717) is 0 Å². The van der Waals surface area contributed by atoms with E-state index >= 15 is 0 Å². The van der Waals surface area contributed by atoms with Crippen molar-refractivity contribution in [2.45, 2.75) is 0 Å². The van der Waals surface area contributed by atoms with Crippen molar-refractivity contribution in [1.82, 2.24) is 0 Å². The molecule has 0 nitrogen and oxygen atoms in total. The molecule has 0 atom stereocenters. The monoisotopic (exact) mass is 352 g/mol. The lowest BCUT2D eigenvalue weighted by atomic mass is 10.0. The normalized spacial score (nSPS) is 10.6. The third-order valence-corrected chi connectivity index (χ3v) is 3.22. The van der Waals surface area contributed by atoms with Gasteiger partial charge in [0.2, 0.25) is 0 Å². The van der Waals surface area contributed by atoms with Gasteiger partial charge in [-0.2, -0.15) is 0 Å². The first-order valence-corrected chi connectivity index (χ1v) is 5.68. The van der Waals surface area contributed by atoms with Crippen LogP contribution in [0.15, 0.2) is 30.3 Å². The van der Waals surface area contributed by atoms with Gasteiger partial charge in [-0.15, -0.1) is 0 Å². The van der Waals surface area contributed by atoms with Crippen molar-refractivity contribution in [3.05, 3.63) is 57.2 Å². The van der Waals surface area contributed by atoms with Crippen LogP contribution < -0.4 is 0 Å². The van der Waals surface area contributed by atoms with Gasteiger partial charge < -0.3 is 0 Å². The summed E-state index contributed by atoms with van der Waals surface area (Å²) in [6, 6.07) is 7.46. The van der Waals surface area contributed by atoms with Crippen molar-refractivity contribution in [3.63, 3.8) is 0 Å². The smallest absolute Gasteiger partial charge is 0.175 e. The molecule has 0 aliphatic rings. The van der Waals surface area contributed by atoms with Crippen molar-refractivity contribution >= 4 is 22.6 Å². The van der Waals surface area contributed by atoms with Crippen LogP contribution in [0.1, 0.15) is 0 Å². The van der Waals surface area contributed by atoms with Crippen LogP contribution >= 0.6 is 22.6 Å². The number of rotatable bonds is 1. The lowest BCUT2D eigenvalue weighted by Gasteiger charge is -2.08. The standard InChI is InChI=1S/C12H5F4I/c13-8-7(6-4-2-1-3-5-6)9(14)11(16)12(17)10(8)15/h1-5H. The molecule has 0 bridgehead atoms. The molecule has 0 unspecified atom stereocenters. The molecule has 0 saturated carbocycles. The topological polar surface area (TPSA) is 0 Å². The quantitative estimate of drug-likeness (QED) is 0.307. The van der Waals surface area contributed by atoms with E-state index in [1.165, 1.54) is 46.9 Å². The zero-order valence-corrected chi connectivity index (χ0v) is 10.4. The Hall–Kier alpha value is -1.11. The van der Waals surface area contributed by atoms with Gasteiger partial charge in [0.1, 0.15) is 0 Å². The molecule has 88 valence electrons. The highest BCUT2D eigenvalue weighted by Crippen LogP contribution is 2.32. The Kier molecular flexibility index (Phi) is 3.37. The first-order chi connectivity index (χ1) is 8.04. The zero-order valence-electron chi connectivity index (χ0n) is 8.28. The minimum absolute atomic E-state index is 0.0942. The molecule has 0 fully saturated rings. The molecule has 0 heterocycles. The van der Waals surface area contributed by atoms with E-state index in [-0.39, 0.29) is 5.56 Å². The largest absolute Gasteiger partial charge is 0.203 e. The molecular weight excluding hydrogens is 347 g/mol. The Morgan fingerprint density at radius 3 is 1.65 bits per heavy atom. The molecule has 0 aliphatic heterocycles. The third kappa shape index (κ3) is 2.03. The number of halogens is 5. The highest BCUT2D eigenvalue weighted by Gasteiger charge is 2.24. The maximum absolute atomic E-state index is 13.6. The second-order valence-electron chi connectivity index (χ2n) is 3.31. The van der Waals surface area contributed by atoms with Crippen molar-refractivity contribution in [2.24, 2.45) is 0 Å². The van der Waals surface area contributed by atoms with Crippen LogP contribution in [0.3, 0.4) is 0 Å². The van der Waals surface area contributed by atoms with Gasteiger partial charge in [0.05, 0.1) is 9.13 Å². The predicted octanol–water partition coefficient (Wildman–Crippen LogP) is 4.51. The van der Waals surface area contributed by atoms with Gasteiger partial charge in [-0.1, -0.05) is 30.3 Å². The molecule has 0 amide bonds. The summed E-state index contributed by atoms with van der Waals surface area (Å²) in [4.78, 5) is 0. The van der Waals surface area contributed by atoms with Crippen molar-refractivity contribution in [3.8, 4) is 11.1 Å². The van der Waals surface area contributed by atoms with Crippen LogP contribution in [0, 0.1) is 26.8 Å². The van der Waals surface area contributed by atoms with E-state index in [4.69, 9.17) is 0 Å². The summed E-state index contributed by atoms with van der Waals surface area (Å²) in [5.74, 6) is -5.49. The molecule has 0 aliphatic carbocycles. The number of hydrogen-bond acceptors (Lipinski definition) is 0. The van der Waals surface area contributed by atoms with Crippen LogP contribution in [-0.2, 0) is 0 Å². The number of benzene rings is 2. The van der Waals surface area contributed by atoms with Gasteiger partial charge in [0.15, 0.2) is 23.3 Å². The second kappa shape index (κ2) is 4.64. The fourth-order valence-corrected chi connectivity index (χ4v) is 1.94. The highest BCUT2D eigenvalue weighted by molar-refractivity contribution is 14.1. The molecule has 0 aromatic heterocycles. The summed E-state index contributed by atoms with van der Waals surface area (Å²) in [7, 11) is 0. The van der Waals surface area contributed by atoms with Crippen LogP contribution in [0.5, 0.6) is 0 Å². The van der Waals surface area contributed by atoms with E-state index in [1.54, 1.807) is 6.07 Å². The van der Waals surface area contributed by atoms with Crippen LogP contribution in [0.4, 0.5) is 17.6 Å². The maximum Gasteiger partial charge on any atom is 0.175 e. The van der Waals surface area contributed by atoms with Gasteiger partial charge in [0.25, 0.3) is 0 Å². The average Bonchev–Trinajstić information content (AvgIpc) is 2.36. The van der Waals surface area contributed by atoms with Crippen molar-refractivity contribution in [2.75, 3.05) is 0 Å². The molecule has 0 spiro atoms. The molecule has 5 heteroatoms. The summed E-state index contributed by atoms with van der Waals surface area (Å²) in [6.07, 6.45) is 0. The zero-order chi connectivity index (χ0) is 12.6. The predicted molar refractivity (Wildman–Crippen MR) is 64.4 cm³/mol. The van der Waals surface area contributed by atoms with Gasteiger partial charge in [-0.05, 0) is 28.2 Å². The van der Waals surface area contributed by atoms with Gasteiger partial charge in [-0.3, -0.25) is 0 Å². The van der Waals surface area contributed by atoms with Crippen molar-refractivity contribution < 1.29 is 17.6 Å². The van der Waals surface area contributed by atoms with E-state index < -0.39 is 32.4 Å². The fourth-order valence-electron chi connectivity index (χ4n) is 1.46. The summed E-state index contributed by atoms with van der Waals surface area (Å²) in [5.41, 5.74) is -0.585. The average molecular weight is 352 g/mol. The number of hydrogen-bond donors (Lipinski definition) is 0. The Balaban J connectivity index is 2.80. The van der Waals surface area contributed by atoms with E-state index in [2.05, 4.69) is 0 Å². The summed E-state index contributed by atoms with van der Waals surface area (Å²) in [6.45, 7) is 0. The molecule has 2 rings (SSSR count). The Bertz CT molecular complexity index is 537. The minimum Gasteiger partial charge on any atom is -0.203 e. The van der Waals surface area contributed by atoms with Crippen LogP contribution in [0.25, 0.3) is 11.1 Å². The molecular formula is C12H5F4I. The molecule has 0 saturated heterocycles. The van der Waals surface area contributed by atoms with Gasteiger partial charge in [-0.25, -0.2) is 17.6 Å². The third-order valence-electron chi connectivity index (χ3n) is 2.27. The maximum atomic E-state index is 13.6. The first kappa shape index (κ1) is 12.3. The van der Waals surface area contributed by atoms with Crippen LogP contribution in [0.2, 0.25) is 0 Å². The minimum atomic E-state index is -1.38. The first-order valence-electron chi connectivity index (χ1n) is 4.61. The molecule has 17 heavy (non-hydrogen) atoms. The van der Waals surface area contributed by atoms with Gasteiger partial charge in [0, 0.05) is 0 Å². The van der Waals surface area contributed by atoms with E-state index in [1.807, 2.05) is 0 Å². The molecule has 0 N–H and O–H groups in total. The summed E-state index contributed by atoms with van der Waals surface area (Å²) < 4.78 is 53.2. The molecule has 2 aromatic rings. The van der Waals surface area contributed by atoms with Crippen LogP contribution in [-0.4, -0.2) is 0 Å². The van der Waals surface area contributed by atoms with E-state index in [9.17, 15) is 17.6 Å². The summed E-state index contributed by atoms with van der Waals surface area (Å²) in [5, 5.41) is 0. The highest BCUT2D eigenvalue weighted by atomic mass is 127. The summed E-state index contributed by atoms with van der Waals surface area (Å²) >= 11 is 1.23. The Morgan fingerprint density at radius 2 is 1.18 bits per heavy atom. The SMILES string of the molecule is Fc1c(F)c(-c2ccccc2)c(F)c(F)c1I. The lowest BCUT2D eigenvalue weighted by molar-refractivity contribution is 0.450. The fraction of sp³-hybridized carbons (Fsp3) is 0. The Morgan fingerprint density at radius 1 is 0.706 bits per heavy atom. The van der Waals surface area contributed by atoms with Crippen molar-refractivity contribution in [1.29, 1.82) is 0 Å². The van der Waals surface area contributed by atoms with Gasteiger partial charge >= 0.3 is 0 Å². The molecule has 0 radical (unpaired) electrons. The Labute approximate surface area is 108 Å². The van der Waals surface area contributed by atoms with E-state index in [0.717, 1.165) is 0 Å².